The Morgan fingerprint density at radius 3 is 2.89 bits per heavy atom. The number of amides is 1. The van der Waals surface area contributed by atoms with Gasteiger partial charge in [0, 0.05) is 6.61 Å². The summed E-state index contributed by atoms with van der Waals surface area (Å²) in [5.41, 5.74) is 0. The molecule has 5 nitrogen and oxygen atoms in total. The van der Waals surface area contributed by atoms with Crippen LogP contribution >= 0.6 is 0 Å². The zero-order valence-corrected chi connectivity index (χ0v) is 11.3. The number of nitrogens with zero attached hydrogens (tertiary/aromatic N) is 1. The first kappa shape index (κ1) is 14.1. The number of aliphatic hydroxyl groups excluding tert-OH is 1. The van der Waals surface area contributed by atoms with Gasteiger partial charge in [-0.15, -0.1) is 0 Å². The van der Waals surface area contributed by atoms with Crippen LogP contribution in [0, 0.1) is 5.92 Å². The molecule has 0 aliphatic carbocycles. The van der Waals surface area contributed by atoms with Gasteiger partial charge < -0.3 is 14.8 Å². The van der Waals surface area contributed by atoms with Crippen molar-refractivity contribution in [3.8, 4) is 0 Å². The number of carbonyl (C=O) groups excluding carboxylic acids is 1. The first-order valence-corrected chi connectivity index (χ1v) is 6.85. The lowest BCUT2D eigenvalue weighted by molar-refractivity contribution is -0.123. The van der Waals surface area contributed by atoms with Gasteiger partial charge in [-0.1, -0.05) is 0 Å². The zero-order chi connectivity index (χ0) is 13.7. The Hall–Kier alpha value is -1.33. The number of hydrogen-bond donors (Lipinski definition) is 2. The third-order valence-electron chi connectivity index (χ3n) is 3.68. The van der Waals surface area contributed by atoms with Gasteiger partial charge in [0.15, 0.2) is 0 Å². The SMILES string of the molecule is C[C@H](NC(=O)CN1CCC(CO)CC1)c1ccco1. The monoisotopic (exact) mass is 266 g/mol. The highest BCUT2D eigenvalue weighted by Crippen LogP contribution is 2.16. The first-order chi connectivity index (χ1) is 9.19. The summed E-state index contributed by atoms with van der Waals surface area (Å²) >= 11 is 0. The van der Waals surface area contributed by atoms with Gasteiger partial charge in [0.1, 0.15) is 5.76 Å². The van der Waals surface area contributed by atoms with Crippen molar-refractivity contribution in [1.82, 2.24) is 10.2 Å². The van der Waals surface area contributed by atoms with E-state index in [0.717, 1.165) is 31.7 Å². The number of carbonyl (C=O) groups is 1. The lowest BCUT2D eigenvalue weighted by atomic mass is 9.98. The highest BCUT2D eigenvalue weighted by Gasteiger charge is 2.21. The largest absolute Gasteiger partial charge is 0.467 e. The fourth-order valence-corrected chi connectivity index (χ4v) is 2.43. The van der Waals surface area contributed by atoms with Crippen LogP contribution in [-0.4, -0.2) is 42.2 Å². The van der Waals surface area contributed by atoms with Crippen molar-refractivity contribution in [3.05, 3.63) is 24.2 Å². The van der Waals surface area contributed by atoms with Gasteiger partial charge in [-0.05, 0) is 50.9 Å². The maximum atomic E-state index is 11.9. The van der Waals surface area contributed by atoms with E-state index in [1.807, 2.05) is 19.1 Å². The highest BCUT2D eigenvalue weighted by atomic mass is 16.3. The van der Waals surface area contributed by atoms with E-state index < -0.39 is 0 Å². The van der Waals surface area contributed by atoms with Crippen LogP contribution in [0.4, 0.5) is 0 Å². The number of likely N-dealkylation sites (tertiary alicyclic amines) is 1. The second-order valence-electron chi connectivity index (χ2n) is 5.21. The molecule has 1 aliphatic rings. The molecule has 0 radical (unpaired) electrons. The van der Waals surface area contributed by atoms with E-state index in [-0.39, 0.29) is 18.6 Å². The van der Waals surface area contributed by atoms with Crippen LogP contribution < -0.4 is 5.32 Å². The number of piperidine rings is 1. The van der Waals surface area contributed by atoms with Crippen LogP contribution in [-0.2, 0) is 4.79 Å². The molecule has 1 aromatic heterocycles. The summed E-state index contributed by atoms with van der Waals surface area (Å²) in [6.45, 7) is 4.36. The summed E-state index contributed by atoms with van der Waals surface area (Å²) in [4.78, 5) is 14.1. The van der Waals surface area contributed by atoms with E-state index in [9.17, 15) is 4.79 Å². The van der Waals surface area contributed by atoms with Crippen molar-refractivity contribution in [1.29, 1.82) is 0 Å². The van der Waals surface area contributed by atoms with E-state index >= 15 is 0 Å². The van der Waals surface area contributed by atoms with Crippen LogP contribution in [0.25, 0.3) is 0 Å². The highest BCUT2D eigenvalue weighted by molar-refractivity contribution is 5.78. The van der Waals surface area contributed by atoms with Crippen LogP contribution in [0.2, 0.25) is 0 Å². The molecule has 1 fully saturated rings. The molecule has 106 valence electrons. The summed E-state index contributed by atoms with van der Waals surface area (Å²) in [6.07, 6.45) is 3.55. The van der Waals surface area contributed by atoms with Gasteiger partial charge in [0.2, 0.25) is 5.91 Å². The van der Waals surface area contributed by atoms with Crippen molar-refractivity contribution in [2.45, 2.75) is 25.8 Å². The Morgan fingerprint density at radius 2 is 2.32 bits per heavy atom. The smallest absolute Gasteiger partial charge is 0.234 e. The number of aliphatic hydroxyl groups is 1. The van der Waals surface area contributed by atoms with E-state index in [2.05, 4.69) is 10.2 Å². The van der Waals surface area contributed by atoms with Crippen LogP contribution in [0.3, 0.4) is 0 Å². The van der Waals surface area contributed by atoms with Gasteiger partial charge >= 0.3 is 0 Å². The van der Waals surface area contributed by atoms with Gasteiger partial charge in [-0.3, -0.25) is 9.69 Å². The quantitative estimate of drug-likeness (QED) is 0.839. The maximum absolute atomic E-state index is 11.9. The van der Waals surface area contributed by atoms with Crippen LogP contribution in [0.15, 0.2) is 22.8 Å². The summed E-state index contributed by atoms with van der Waals surface area (Å²) in [5, 5.41) is 12.0. The first-order valence-electron chi connectivity index (χ1n) is 6.85. The minimum absolute atomic E-state index is 0.0198. The Labute approximate surface area is 113 Å². The van der Waals surface area contributed by atoms with Crippen molar-refractivity contribution in [2.75, 3.05) is 26.2 Å². The third kappa shape index (κ3) is 4.08. The Morgan fingerprint density at radius 1 is 1.58 bits per heavy atom. The van der Waals surface area contributed by atoms with Crippen molar-refractivity contribution in [3.63, 3.8) is 0 Å². The second kappa shape index (κ2) is 6.73. The van der Waals surface area contributed by atoms with Gasteiger partial charge in [-0.2, -0.15) is 0 Å². The molecule has 0 unspecified atom stereocenters. The molecule has 1 aliphatic heterocycles. The van der Waals surface area contributed by atoms with Crippen molar-refractivity contribution >= 4 is 5.91 Å². The molecule has 1 aromatic rings. The Bertz CT molecular complexity index is 383. The standard InChI is InChI=1S/C14H22N2O3/c1-11(13-3-2-8-19-13)15-14(18)9-16-6-4-12(10-17)5-7-16/h2-3,8,11-12,17H,4-7,9-10H2,1H3,(H,15,18)/t11-/m0/s1. The zero-order valence-electron chi connectivity index (χ0n) is 11.3. The summed E-state index contributed by atoms with van der Waals surface area (Å²) in [6, 6.07) is 3.58. The lowest BCUT2D eigenvalue weighted by Crippen LogP contribution is -2.42. The summed E-state index contributed by atoms with van der Waals surface area (Å²) < 4.78 is 5.26. The number of furan rings is 1. The second-order valence-corrected chi connectivity index (χ2v) is 5.21. The molecule has 2 heterocycles. The fraction of sp³-hybridized carbons (Fsp3) is 0.643. The molecule has 1 atom stereocenters. The summed E-state index contributed by atoms with van der Waals surface area (Å²) in [7, 11) is 0. The number of rotatable bonds is 5. The van der Waals surface area contributed by atoms with E-state index in [1.54, 1.807) is 6.26 Å². The van der Waals surface area contributed by atoms with Crippen molar-refractivity contribution in [2.24, 2.45) is 5.92 Å². The molecule has 0 spiro atoms. The predicted octanol–water partition coefficient (Wildman–Crippen LogP) is 1.16. The maximum Gasteiger partial charge on any atom is 0.234 e. The average molecular weight is 266 g/mol. The van der Waals surface area contributed by atoms with Gasteiger partial charge in [0.25, 0.3) is 0 Å². The van der Waals surface area contributed by atoms with Crippen LogP contribution in [0.5, 0.6) is 0 Å². The van der Waals surface area contributed by atoms with Crippen LogP contribution in [0.1, 0.15) is 31.6 Å². The molecular formula is C14H22N2O3. The normalized spacial score (nSPS) is 19.3. The molecule has 0 saturated carbocycles. The molecule has 0 bridgehead atoms. The average Bonchev–Trinajstić information content (AvgIpc) is 2.93. The minimum Gasteiger partial charge on any atom is -0.467 e. The lowest BCUT2D eigenvalue weighted by Gasteiger charge is -2.30. The number of hydrogen-bond acceptors (Lipinski definition) is 4. The topological polar surface area (TPSA) is 65.7 Å². The van der Waals surface area contributed by atoms with E-state index in [1.165, 1.54) is 0 Å². The molecule has 1 saturated heterocycles. The predicted molar refractivity (Wildman–Crippen MR) is 71.5 cm³/mol. The molecule has 0 aromatic carbocycles. The van der Waals surface area contributed by atoms with Gasteiger partial charge in [0.05, 0.1) is 18.8 Å². The summed E-state index contributed by atoms with van der Waals surface area (Å²) in [5.74, 6) is 1.19. The van der Waals surface area contributed by atoms with E-state index in [4.69, 9.17) is 9.52 Å². The molecule has 5 heteroatoms. The molecule has 2 rings (SSSR count). The van der Waals surface area contributed by atoms with E-state index in [0.29, 0.717) is 12.5 Å². The van der Waals surface area contributed by atoms with Gasteiger partial charge in [-0.25, -0.2) is 0 Å². The Kier molecular flexibility index (Phi) is 4.99. The minimum atomic E-state index is -0.0996. The number of nitrogens with one attached hydrogen (secondary N) is 1. The fourth-order valence-electron chi connectivity index (χ4n) is 2.43. The van der Waals surface area contributed by atoms with Crippen molar-refractivity contribution < 1.29 is 14.3 Å². The molecule has 19 heavy (non-hydrogen) atoms. The third-order valence-corrected chi connectivity index (χ3v) is 3.68. The Balaban J connectivity index is 1.73. The molecule has 2 N–H and O–H groups in total. The molecule has 1 amide bonds. The molecular weight excluding hydrogens is 244 g/mol.